The Morgan fingerprint density at radius 2 is 1.67 bits per heavy atom. The van der Waals surface area contributed by atoms with E-state index in [1.807, 2.05) is 30.5 Å². The highest BCUT2D eigenvalue weighted by molar-refractivity contribution is 6.04. The first kappa shape index (κ1) is 12.0. The molecule has 0 amide bonds. The first-order valence-electron chi connectivity index (χ1n) is 7.03. The van der Waals surface area contributed by atoms with Crippen molar-refractivity contribution in [3.05, 3.63) is 72.4 Å². The van der Waals surface area contributed by atoms with E-state index in [0.717, 1.165) is 27.7 Å². The van der Waals surface area contributed by atoms with Gasteiger partial charge in [0.1, 0.15) is 0 Å². The van der Waals surface area contributed by atoms with Crippen molar-refractivity contribution < 1.29 is 0 Å². The highest BCUT2D eigenvalue weighted by atomic mass is 14.8. The zero-order valence-electron chi connectivity index (χ0n) is 11.7. The molecule has 100 valence electrons. The van der Waals surface area contributed by atoms with Crippen LogP contribution in [-0.4, -0.2) is 9.97 Å². The molecule has 4 aromatic rings. The summed E-state index contributed by atoms with van der Waals surface area (Å²) in [5.74, 6) is 0. The lowest BCUT2D eigenvalue weighted by Crippen LogP contribution is -1.91. The van der Waals surface area contributed by atoms with Gasteiger partial charge in [0.25, 0.3) is 0 Å². The van der Waals surface area contributed by atoms with Crippen molar-refractivity contribution in [2.75, 3.05) is 0 Å². The van der Waals surface area contributed by atoms with E-state index in [1.165, 1.54) is 10.9 Å². The number of nitrogens with zero attached hydrogens (tertiary/aromatic N) is 2. The summed E-state index contributed by atoms with van der Waals surface area (Å²) in [6.45, 7) is 2.13. The lowest BCUT2D eigenvalue weighted by molar-refractivity contribution is 1.34. The maximum Gasteiger partial charge on any atom is 0.0974 e. The summed E-state index contributed by atoms with van der Waals surface area (Å²) < 4.78 is 0. The smallest absolute Gasteiger partial charge is 0.0974 e. The second kappa shape index (κ2) is 4.67. The summed E-state index contributed by atoms with van der Waals surface area (Å²) >= 11 is 0. The van der Waals surface area contributed by atoms with Crippen molar-refractivity contribution in [1.82, 2.24) is 9.97 Å². The molecule has 0 bridgehead atoms. The van der Waals surface area contributed by atoms with Gasteiger partial charge in [-0.15, -0.1) is 0 Å². The van der Waals surface area contributed by atoms with E-state index in [1.54, 1.807) is 0 Å². The van der Waals surface area contributed by atoms with E-state index in [2.05, 4.69) is 48.3 Å². The second-order valence-electron chi connectivity index (χ2n) is 5.23. The number of aromatic nitrogens is 2. The number of aryl methyl sites for hydroxylation is 1. The van der Waals surface area contributed by atoms with E-state index in [9.17, 15) is 0 Å². The second-order valence-corrected chi connectivity index (χ2v) is 5.23. The summed E-state index contributed by atoms with van der Waals surface area (Å²) in [5.41, 5.74) is 5.31. The number of hydrogen-bond acceptors (Lipinski definition) is 2. The monoisotopic (exact) mass is 270 g/mol. The van der Waals surface area contributed by atoms with Crippen LogP contribution in [-0.2, 0) is 0 Å². The van der Waals surface area contributed by atoms with E-state index < -0.39 is 0 Å². The summed E-state index contributed by atoms with van der Waals surface area (Å²) in [6.07, 6.45) is 1.83. The molecule has 2 aromatic carbocycles. The molecular formula is C19H14N2. The maximum absolute atomic E-state index is 4.87. The van der Waals surface area contributed by atoms with Gasteiger partial charge in [-0.1, -0.05) is 48.5 Å². The van der Waals surface area contributed by atoms with Crippen molar-refractivity contribution in [1.29, 1.82) is 0 Å². The SMILES string of the molecule is Cc1cc(-c2ccccc2)nc2c1ccc1cccnc12. The molecule has 0 saturated carbocycles. The molecule has 2 heterocycles. The van der Waals surface area contributed by atoms with Crippen molar-refractivity contribution in [3.63, 3.8) is 0 Å². The molecule has 2 aromatic heterocycles. The fraction of sp³-hybridized carbons (Fsp3) is 0.0526. The first-order chi connectivity index (χ1) is 10.3. The minimum atomic E-state index is 0.968. The first-order valence-corrected chi connectivity index (χ1v) is 7.03. The molecule has 0 aliphatic carbocycles. The Hall–Kier alpha value is -2.74. The average molecular weight is 270 g/mol. The molecule has 0 N–H and O–H groups in total. The van der Waals surface area contributed by atoms with Crippen molar-refractivity contribution >= 4 is 21.8 Å². The molecule has 2 nitrogen and oxygen atoms in total. The topological polar surface area (TPSA) is 25.8 Å². The van der Waals surface area contributed by atoms with Crippen molar-refractivity contribution in [3.8, 4) is 11.3 Å². The number of benzene rings is 2. The molecular weight excluding hydrogens is 256 g/mol. The van der Waals surface area contributed by atoms with Gasteiger partial charge in [0.15, 0.2) is 0 Å². The van der Waals surface area contributed by atoms with Crippen LogP contribution in [0.15, 0.2) is 66.9 Å². The van der Waals surface area contributed by atoms with Gasteiger partial charge >= 0.3 is 0 Å². The number of hydrogen-bond donors (Lipinski definition) is 0. The van der Waals surface area contributed by atoms with Crippen LogP contribution in [0.5, 0.6) is 0 Å². The number of pyridine rings is 2. The molecule has 0 spiro atoms. The fourth-order valence-corrected chi connectivity index (χ4v) is 2.75. The van der Waals surface area contributed by atoms with Crippen LogP contribution in [0, 0.1) is 6.92 Å². The normalized spacial score (nSPS) is 11.1. The van der Waals surface area contributed by atoms with Crippen LogP contribution in [0.4, 0.5) is 0 Å². The Balaban J connectivity index is 2.10. The Bertz CT molecular complexity index is 943. The standard InChI is InChI=1S/C19H14N2/c1-13-12-17(14-6-3-2-4-7-14)21-19-16(13)10-9-15-8-5-11-20-18(15)19/h2-12H,1H3. The van der Waals surface area contributed by atoms with E-state index in [-0.39, 0.29) is 0 Å². The zero-order valence-corrected chi connectivity index (χ0v) is 11.7. The van der Waals surface area contributed by atoms with Gasteiger partial charge in [-0.05, 0) is 24.6 Å². The van der Waals surface area contributed by atoms with E-state index >= 15 is 0 Å². The molecule has 0 radical (unpaired) electrons. The molecule has 0 fully saturated rings. The highest BCUT2D eigenvalue weighted by Gasteiger charge is 2.08. The average Bonchev–Trinajstić information content (AvgIpc) is 2.55. The van der Waals surface area contributed by atoms with Gasteiger partial charge < -0.3 is 0 Å². The third-order valence-electron chi connectivity index (χ3n) is 3.83. The summed E-state index contributed by atoms with van der Waals surface area (Å²) in [6, 6.07) is 20.7. The molecule has 0 aliphatic rings. The minimum absolute atomic E-state index is 0.968. The van der Waals surface area contributed by atoms with E-state index in [0.29, 0.717) is 0 Å². The van der Waals surface area contributed by atoms with Gasteiger partial charge in [-0.25, -0.2) is 4.98 Å². The molecule has 0 aliphatic heterocycles. The van der Waals surface area contributed by atoms with E-state index in [4.69, 9.17) is 4.98 Å². The van der Waals surface area contributed by atoms with Crippen LogP contribution >= 0.6 is 0 Å². The lowest BCUT2D eigenvalue weighted by atomic mass is 10.0. The largest absolute Gasteiger partial charge is 0.254 e. The van der Waals surface area contributed by atoms with Crippen molar-refractivity contribution in [2.45, 2.75) is 6.92 Å². The van der Waals surface area contributed by atoms with Crippen molar-refractivity contribution in [2.24, 2.45) is 0 Å². The Morgan fingerprint density at radius 3 is 2.52 bits per heavy atom. The van der Waals surface area contributed by atoms with Gasteiger partial charge in [-0.3, -0.25) is 4.98 Å². The molecule has 4 rings (SSSR count). The zero-order chi connectivity index (χ0) is 14.2. The Kier molecular flexibility index (Phi) is 2.68. The molecule has 0 saturated heterocycles. The summed E-state index contributed by atoms with van der Waals surface area (Å²) in [7, 11) is 0. The van der Waals surface area contributed by atoms with Crippen LogP contribution in [0.2, 0.25) is 0 Å². The number of fused-ring (bicyclic) bond motifs is 3. The molecule has 2 heteroatoms. The van der Waals surface area contributed by atoms with Crippen LogP contribution in [0.25, 0.3) is 33.1 Å². The Labute approximate surface area is 123 Å². The predicted octanol–water partition coefficient (Wildman–Crippen LogP) is 4.76. The molecule has 0 atom stereocenters. The Morgan fingerprint density at radius 1 is 0.810 bits per heavy atom. The molecule has 21 heavy (non-hydrogen) atoms. The van der Waals surface area contributed by atoms with Gasteiger partial charge in [0.2, 0.25) is 0 Å². The lowest BCUT2D eigenvalue weighted by Gasteiger charge is -2.08. The third kappa shape index (κ3) is 1.96. The number of rotatable bonds is 1. The minimum Gasteiger partial charge on any atom is -0.254 e. The van der Waals surface area contributed by atoms with Crippen LogP contribution in [0.3, 0.4) is 0 Å². The maximum atomic E-state index is 4.87. The highest BCUT2D eigenvalue weighted by Crippen LogP contribution is 2.28. The fourth-order valence-electron chi connectivity index (χ4n) is 2.75. The van der Waals surface area contributed by atoms with Gasteiger partial charge in [0, 0.05) is 22.5 Å². The van der Waals surface area contributed by atoms with Gasteiger partial charge in [0.05, 0.1) is 16.7 Å². The predicted molar refractivity (Wildman–Crippen MR) is 87.2 cm³/mol. The quantitative estimate of drug-likeness (QED) is 0.466. The van der Waals surface area contributed by atoms with Gasteiger partial charge in [-0.2, -0.15) is 0 Å². The summed E-state index contributed by atoms with van der Waals surface area (Å²) in [4.78, 5) is 9.39. The van der Waals surface area contributed by atoms with Crippen LogP contribution < -0.4 is 0 Å². The molecule has 0 unspecified atom stereocenters. The third-order valence-corrected chi connectivity index (χ3v) is 3.83. The summed E-state index contributed by atoms with van der Waals surface area (Å²) in [5, 5.41) is 2.29. The van der Waals surface area contributed by atoms with Crippen LogP contribution in [0.1, 0.15) is 5.56 Å².